The molecule has 1 aromatic carbocycles. The molecule has 0 saturated heterocycles. The van der Waals surface area contributed by atoms with Gasteiger partial charge in [-0.1, -0.05) is 13.8 Å². The van der Waals surface area contributed by atoms with Crippen LogP contribution in [-0.2, 0) is 14.4 Å². The third-order valence-electron chi connectivity index (χ3n) is 3.78. The Bertz CT molecular complexity index is 931. The number of carbonyl (C=O) groups excluding carboxylic acids is 1. The number of urea groups is 1. The number of benzene rings is 1. The molecule has 0 aliphatic rings. The van der Waals surface area contributed by atoms with Gasteiger partial charge < -0.3 is 48.7 Å². The summed E-state index contributed by atoms with van der Waals surface area (Å²) in [6.45, 7) is 3.91. The van der Waals surface area contributed by atoms with Gasteiger partial charge in [0.25, 0.3) is 0 Å². The van der Waals surface area contributed by atoms with Gasteiger partial charge in [0.1, 0.15) is 17.9 Å². The highest BCUT2D eigenvalue weighted by Crippen LogP contribution is 2.13. The fourth-order valence-electron chi connectivity index (χ4n) is 1.65. The molecule has 0 heterocycles. The second kappa shape index (κ2) is 19.0. The number of anilines is 1. The van der Waals surface area contributed by atoms with Crippen LogP contribution < -0.4 is 28.3 Å². The Labute approximate surface area is 213 Å². The number of hydrogen-bond donors (Lipinski definition) is 9. The monoisotopic (exact) mass is 561 g/mol. The first-order chi connectivity index (χ1) is 17.1. The summed E-state index contributed by atoms with van der Waals surface area (Å²) in [7, 11) is 0. The van der Waals surface area contributed by atoms with Crippen LogP contribution in [0, 0.1) is 11.7 Å². The minimum atomic E-state index is -5.08. The third-order valence-corrected chi connectivity index (χ3v) is 3.78. The van der Waals surface area contributed by atoms with Crippen LogP contribution in [-0.4, -0.2) is 75.1 Å². The number of nitrogen functional groups attached to an aromatic ring is 1. The molecular weight excluding hydrogens is 530 g/mol. The maximum absolute atomic E-state index is 12.6. The molecule has 218 valence electrons. The Hall–Kier alpha value is -4.19. The SMILES string of the molecule is CC(C)[C@H](N)C(=O)O.NC(=O)NCCC[C@H](N)C(=O)O.Nc1ccc(C(=O)O)c(F)c1.O=C(O)C(F)(F)F. The second-order valence-corrected chi connectivity index (χ2v) is 7.33. The van der Waals surface area contributed by atoms with Crippen LogP contribution in [0.5, 0.6) is 0 Å². The maximum atomic E-state index is 12.6. The van der Waals surface area contributed by atoms with Gasteiger partial charge in [0, 0.05) is 12.2 Å². The fraction of sp³-hybridized carbons (Fsp3) is 0.450. The van der Waals surface area contributed by atoms with Gasteiger partial charge in [0.05, 0.1) is 5.56 Å². The van der Waals surface area contributed by atoms with Crippen molar-refractivity contribution in [2.24, 2.45) is 23.1 Å². The van der Waals surface area contributed by atoms with Gasteiger partial charge in [-0.05, 0) is 37.0 Å². The number of nitrogens with one attached hydrogen (secondary N) is 1. The quantitative estimate of drug-likeness (QED) is 0.120. The van der Waals surface area contributed by atoms with Crippen LogP contribution in [0.1, 0.15) is 37.0 Å². The first kappa shape index (κ1) is 38.3. The van der Waals surface area contributed by atoms with E-state index in [0.717, 1.165) is 12.1 Å². The Morgan fingerprint density at radius 3 is 1.71 bits per heavy atom. The van der Waals surface area contributed by atoms with Crippen molar-refractivity contribution < 1.29 is 62.0 Å². The topological polar surface area (TPSA) is 282 Å². The summed E-state index contributed by atoms with van der Waals surface area (Å²) in [6, 6.07) is 1.26. The van der Waals surface area contributed by atoms with Crippen molar-refractivity contribution in [3.8, 4) is 0 Å². The van der Waals surface area contributed by atoms with E-state index in [1.165, 1.54) is 6.07 Å². The molecule has 14 nitrogen and oxygen atoms in total. The van der Waals surface area contributed by atoms with Gasteiger partial charge in [-0.15, -0.1) is 0 Å². The zero-order valence-corrected chi connectivity index (χ0v) is 20.2. The predicted molar refractivity (Wildman–Crippen MR) is 124 cm³/mol. The maximum Gasteiger partial charge on any atom is 0.490 e. The van der Waals surface area contributed by atoms with E-state index in [1.807, 2.05) is 0 Å². The number of halogens is 4. The summed E-state index contributed by atoms with van der Waals surface area (Å²) < 4.78 is 44.4. The summed E-state index contributed by atoms with van der Waals surface area (Å²) in [6.07, 6.45) is -4.24. The summed E-state index contributed by atoms with van der Waals surface area (Å²) in [5.41, 5.74) is 20.2. The fourth-order valence-corrected chi connectivity index (χ4v) is 1.65. The second-order valence-electron chi connectivity index (χ2n) is 7.33. The molecule has 0 unspecified atom stereocenters. The van der Waals surface area contributed by atoms with Crippen molar-refractivity contribution in [2.45, 2.75) is 44.9 Å². The zero-order valence-electron chi connectivity index (χ0n) is 20.2. The lowest BCUT2D eigenvalue weighted by atomic mass is 10.1. The number of hydrogen-bond acceptors (Lipinski definition) is 8. The molecule has 2 atom stereocenters. The Kier molecular flexibility index (Phi) is 19.2. The number of carboxylic acids is 4. The average Bonchev–Trinajstić information content (AvgIpc) is 2.76. The normalized spacial score (nSPS) is 11.6. The van der Waals surface area contributed by atoms with Gasteiger partial charge >= 0.3 is 36.1 Å². The summed E-state index contributed by atoms with van der Waals surface area (Å²) in [5.74, 6) is -6.80. The van der Waals surface area contributed by atoms with Crippen LogP contribution in [0.3, 0.4) is 0 Å². The smallest absolute Gasteiger partial charge is 0.480 e. The number of carbonyl (C=O) groups is 5. The van der Waals surface area contributed by atoms with Gasteiger partial charge in [0.2, 0.25) is 0 Å². The van der Waals surface area contributed by atoms with Crippen LogP contribution >= 0.6 is 0 Å². The molecule has 0 aliphatic carbocycles. The number of amides is 2. The Morgan fingerprint density at radius 1 is 0.974 bits per heavy atom. The molecule has 13 N–H and O–H groups in total. The molecule has 18 heteroatoms. The number of aromatic carboxylic acids is 1. The van der Waals surface area contributed by atoms with E-state index < -0.39 is 54.0 Å². The molecule has 0 aliphatic heterocycles. The van der Waals surface area contributed by atoms with Crippen LogP contribution in [0.4, 0.5) is 28.0 Å². The van der Waals surface area contributed by atoms with E-state index in [1.54, 1.807) is 13.8 Å². The van der Waals surface area contributed by atoms with Crippen molar-refractivity contribution in [3.05, 3.63) is 29.6 Å². The summed E-state index contributed by atoms with van der Waals surface area (Å²) >= 11 is 0. The number of carboxylic acid groups (broad SMARTS) is 4. The minimum Gasteiger partial charge on any atom is -0.480 e. The average molecular weight is 561 g/mol. The molecule has 1 aromatic rings. The number of aliphatic carboxylic acids is 3. The van der Waals surface area contributed by atoms with Crippen LogP contribution in [0.2, 0.25) is 0 Å². The van der Waals surface area contributed by atoms with Crippen LogP contribution in [0.15, 0.2) is 18.2 Å². The first-order valence-electron chi connectivity index (χ1n) is 10.2. The van der Waals surface area contributed by atoms with E-state index in [4.69, 9.17) is 48.2 Å². The predicted octanol–water partition coefficient (Wildman–Crippen LogP) is 0.641. The molecule has 0 saturated carbocycles. The molecule has 1 rings (SSSR count). The highest BCUT2D eigenvalue weighted by molar-refractivity contribution is 5.88. The zero-order chi connectivity index (χ0) is 30.8. The van der Waals surface area contributed by atoms with Crippen LogP contribution in [0.25, 0.3) is 0 Å². The molecule has 0 spiro atoms. The molecule has 0 aromatic heterocycles. The van der Waals surface area contributed by atoms with E-state index in [0.29, 0.717) is 19.4 Å². The summed E-state index contributed by atoms with van der Waals surface area (Å²) in [5, 5.41) is 34.4. The largest absolute Gasteiger partial charge is 0.490 e. The van der Waals surface area contributed by atoms with Crippen molar-refractivity contribution in [1.29, 1.82) is 0 Å². The standard InChI is InChI=1S/C7H6FNO2.C6H13N3O3.C5H11NO2.C2HF3O2/c8-6-3-4(9)1-2-5(6)7(10)11;7-4(5(10)11)2-1-3-9-6(8)12;1-3(2)4(6)5(7)8;3-2(4,5)1(6)7/h1-3H,9H2,(H,10,11);4H,1-3,7H2,(H,10,11)(H3,8,9,12);3-4H,6H2,1-2H3,(H,7,8);(H,6,7)/t;2*4-;/m.00./s1. The lowest BCUT2D eigenvalue weighted by Gasteiger charge is -2.07. The van der Waals surface area contributed by atoms with E-state index in [-0.39, 0.29) is 17.2 Å². The number of alkyl halides is 3. The summed E-state index contributed by atoms with van der Waals surface area (Å²) in [4.78, 5) is 49.5. The molecular formula is C20H31F4N5O9. The van der Waals surface area contributed by atoms with Gasteiger partial charge in [-0.25, -0.2) is 18.8 Å². The first-order valence-corrected chi connectivity index (χ1v) is 10.2. The molecule has 2 amide bonds. The Balaban J connectivity index is -0.000000440. The number of rotatable bonds is 8. The lowest BCUT2D eigenvalue weighted by Crippen LogP contribution is -2.34. The van der Waals surface area contributed by atoms with Crippen molar-refractivity contribution in [2.75, 3.05) is 12.3 Å². The van der Waals surface area contributed by atoms with E-state index in [2.05, 4.69) is 5.32 Å². The van der Waals surface area contributed by atoms with Crippen molar-refractivity contribution in [1.82, 2.24) is 5.32 Å². The van der Waals surface area contributed by atoms with Crippen molar-refractivity contribution in [3.63, 3.8) is 0 Å². The third kappa shape index (κ3) is 21.1. The Morgan fingerprint density at radius 2 is 1.45 bits per heavy atom. The molecule has 0 bridgehead atoms. The number of nitrogens with two attached hydrogens (primary N) is 4. The van der Waals surface area contributed by atoms with Gasteiger partial charge in [-0.3, -0.25) is 9.59 Å². The highest BCUT2D eigenvalue weighted by atomic mass is 19.4. The van der Waals surface area contributed by atoms with Gasteiger partial charge in [-0.2, -0.15) is 13.2 Å². The lowest BCUT2D eigenvalue weighted by molar-refractivity contribution is -0.192. The van der Waals surface area contributed by atoms with Crippen molar-refractivity contribution >= 4 is 35.6 Å². The highest BCUT2D eigenvalue weighted by Gasteiger charge is 2.38. The number of primary amides is 1. The molecule has 0 fully saturated rings. The van der Waals surface area contributed by atoms with Gasteiger partial charge in [0.15, 0.2) is 0 Å². The van der Waals surface area contributed by atoms with E-state index in [9.17, 15) is 36.7 Å². The minimum absolute atomic E-state index is 0.0208. The van der Waals surface area contributed by atoms with E-state index >= 15 is 0 Å². The molecule has 0 radical (unpaired) electrons. The molecule has 38 heavy (non-hydrogen) atoms.